The number of fused-ring (bicyclic) bond motifs is 3. The third-order valence-corrected chi connectivity index (χ3v) is 4.02. The molecular weight excluding hydrogens is 312 g/mol. The SMILES string of the molecule is C/C1=C/C=C/C=C/c2cc3cccccc-3c2/C=C/C=C(/C)C#CC#C1. The largest absolute Gasteiger partial charge is 0.0622 e. The molecule has 0 N–H and O–H groups in total. The van der Waals surface area contributed by atoms with Gasteiger partial charge in [0.2, 0.25) is 0 Å². The average Bonchev–Trinajstić information content (AvgIpc) is 2.79. The van der Waals surface area contributed by atoms with Gasteiger partial charge in [-0.3, -0.25) is 0 Å². The maximum Gasteiger partial charge on any atom is -0.0000494 e. The molecule has 0 amide bonds. The highest BCUT2D eigenvalue weighted by Gasteiger charge is 2.10. The fourth-order valence-corrected chi connectivity index (χ4v) is 2.71. The lowest BCUT2D eigenvalue weighted by Gasteiger charge is -1.97. The first-order chi connectivity index (χ1) is 12.7. The highest BCUT2D eigenvalue weighted by molar-refractivity contribution is 5.86. The van der Waals surface area contributed by atoms with Crippen molar-refractivity contribution in [3.05, 3.63) is 95.1 Å². The first-order valence-corrected chi connectivity index (χ1v) is 8.64. The Morgan fingerprint density at radius 3 is 2.23 bits per heavy atom. The molecule has 0 heteroatoms. The van der Waals surface area contributed by atoms with Gasteiger partial charge >= 0.3 is 0 Å². The third kappa shape index (κ3) is 4.54. The fourth-order valence-electron chi connectivity index (χ4n) is 2.71. The topological polar surface area (TPSA) is 0 Å². The second kappa shape index (κ2) is 8.57. The zero-order valence-electron chi connectivity index (χ0n) is 15.1. The van der Waals surface area contributed by atoms with Gasteiger partial charge in [-0.05, 0) is 65.2 Å². The van der Waals surface area contributed by atoms with E-state index in [4.69, 9.17) is 0 Å². The molecular formula is C26H20. The minimum absolute atomic E-state index is 0.989. The quantitative estimate of drug-likeness (QED) is 0.498. The van der Waals surface area contributed by atoms with Gasteiger partial charge in [0.25, 0.3) is 0 Å². The standard InChI is InChI=1S/C26H20/c1-21-12-5-3-6-16-24-20-23-17-7-4-8-18-25(23)26(24)19-11-15-22(2)14-10-9-13-21/h3-8,11-12,15-20H,1-2H3/b5-3+,6-3?,12-5?,15-11?,16-6+,19-11+,21-12-,22-15-,24-16?,26-19?. The average molecular weight is 332 g/mol. The fraction of sp³-hybridized carbons (Fsp3) is 0.0769. The molecule has 0 nitrogen and oxygen atoms in total. The van der Waals surface area contributed by atoms with Crippen molar-refractivity contribution in [2.24, 2.45) is 0 Å². The summed E-state index contributed by atoms with van der Waals surface area (Å²) in [5, 5.41) is 0. The van der Waals surface area contributed by atoms with Crippen LogP contribution in [-0.2, 0) is 0 Å². The second-order valence-electron chi connectivity index (χ2n) is 6.10. The van der Waals surface area contributed by atoms with Crippen LogP contribution in [0.1, 0.15) is 25.0 Å². The Morgan fingerprint density at radius 2 is 1.42 bits per heavy atom. The Hall–Kier alpha value is -3.48. The van der Waals surface area contributed by atoms with Gasteiger partial charge in [0.15, 0.2) is 0 Å². The summed E-state index contributed by atoms with van der Waals surface area (Å²) in [5.74, 6) is 11.9. The van der Waals surface area contributed by atoms with Gasteiger partial charge in [-0.25, -0.2) is 0 Å². The lowest BCUT2D eigenvalue weighted by Crippen LogP contribution is -1.75. The van der Waals surface area contributed by atoms with Crippen molar-refractivity contribution >= 4 is 12.2 Å². The molecule has 0 fully saturated rings. The van der Waals surface area contributed by atoms with Crippen molar-refractivity contribution in [2.75, 3.05) is 0 Å². The Kier molecular flexibility index (Phi) is 5.72. The van der Waals surface area contributed by atoms with Gasteiger partial charge in [0.1, 0.15) is 0 Å². The van der Waals surface area contributed by atoms with Crippen LogP contribution in [0.2, 0.25) is 0 Å². The molecule has 26 heavy (non-hydrogen) atoms. The monoisotopic (exact) mass is 332 g/mol. The summed E-state index contributed by atoms with van der Waals surface area (Å²) in [6.07, 6.45) is 16.5. The molecule has 124 valence electrons. The summed E-state index contributed by atoms with van der Waals surface area (Å²) in [6, 6.07) is 12.8. The molecule has 0 bridgehead atoms. The van der Waals surface area contributed by atoms with Gasteiger partial charge in [-0.15, -0.1) is 0 Å². The smallest absolute Gasteiger partial charge is 0.0000494 e. The van der Waals surface area contributed by atoms with Crippen LogP contribution in [0.15, 0.2) is 84.0 Å². The van der Waals surface area contributed by atoms with E-state index in [1.807, 2.05) is 38.2 Å². The molecule has 0 aromatic rings. The maximum atomic E-state index is 3.07. The van der Waals surface area contributed by atoms with E-state index < -0.39 is 0 Å². The molecule has 0 radical (unpaired) electrons. The predicted octanol–water partition coefficient (Wildman–Crippen LogP) is 6.29. The van der Waals surface area contributed by atoms with Crippen LogP contribution in [0, 0.1) is 23.7 Å². The van der Waals surface area contributed by atoms with E-state index in [0.29, 0.717) is 0 Å². The van der Waals surface area contributed by atoms with E-state index in [1.165, 1.54) is 22.3 Å². The Morgan fingerprint density at radius 1 is 0.692 bits per heavy atom. The molecule has 0 saturated heterocycles. The summed E-state index contributed by atoms with van der Waals surface area (Å²) < 4.78 is 0. The summed E-state index contributed by atoms with van der Waals surface area (Å²) in [4.78, 5) is 0. The number of allylic oxidation sites excluding steroid dienone is 8. The third-order valence-electron chi connectivity index (χ3n) is 4.02. The second-order valence-corrected chi connectivity index (χ2v) is 6.10. The Balaban J connectivity index is 2.11. The predicted molar refractivity (Wildman–Crippen MR) is 113 cm³/mol. The van der Waals surface area contributed by atoms with Crippen LogP contribution in [0.4, 0.5) is 0 Å². The van der Waals surface area contributed by atoms with Crippen LogP contribution in [-0.4, -0.2) is 0 Å². The molecule has 3 rings (SSSR count). The molecule has 0 atom stereocenters. The van der Waals surface area contributed by atoms with Crippen LogP contribution in [0.25, 0.3) is 23.3 Å². The van der Waals surface area contributed by atoms with Crippen molar-refractivity contribution < 1.29 is 0 Å². The van der Waals surface area contributed by atoms with Gasteiger partial charge < -0.3 is 0 Å². The molecule has 0 heterocycles. The van der Waals surface area contributed by atoms with Crippen LogP contribution in [0.3, 0.4) is 0 Å². The van der Waals surface area contributed by atoms with Gasteiger partial charge in [0, 0.05) is 0 Å². The lowest BCUT2D eigenvalue weighted by atomic mass is 10.1. The van der Waals surface area contributed by atoms with Crippen LogP contribution in [0.5, 0.6) is 0 Å². The summed E-state index contributed by atoms with van der Waals surface area (Å²) in [7, 11) is 0. The number of rotatable bonds is 0. The maximum absolute atomic E-state index is 3.07. The van der Waals surface area contributed by atoms with Gasteiger partial charge in [-0.1, -0.05) is 90.8 Å². The Labute approximate surface area is 156 Å². The number of hydrogen-bond donors (Lipinski definition) is 0. The van der Waals surface area contributed by atoms with Crippen molar-refractivity contribution in [2.45, 2.75) is 13.8 Å². The zero-order chi connectivity index (χ0) is 18.2. The van der Waals surface area contributed by atoms with Crippen molar-refractivity contribution in [3.8, 4) is 34.8 Å². The van der Waals surface area contributed by atoms with E-state index in [9.17, 15) is 0 Å². The van der Waals surface area contributed by atoms with Crippen molar-refractivity contribution in [3.63, 3.8) is 0 Å². The summed E-state index contributed by atoms with van der Waals surface area (Å²) >= 11 is 0. The van der Waals surface area contributed by atoms with Gasteiger partial charge in [0.05, 0.1) is 0 Å². The molecule has 0 aromatic heterocycles. The first kappa shape index (κ1) is 17.3. The normalized spacial score (nSPS) is 21.5. The minimum atomic E-state index is 0.989. The van der Waals surface area contributed by atoms with E-state index >= 15 is 0 Å². The zero-order valence-corrected chi connectivity index (χ0v) is 15.1. The molecule has 0 spiro atoms. The van der Waals surface area contributed by atoms with Crippen LogP contribution >= 0.6 is 0 Å². The Bertz CT molecular complexity index is 1040. The molecule has 0 unspecified atom stereocenters. The van der Waals surface area contributed by atoms with Gasteiger partial charge in [-0.2, -0.15) is 0 Å². The minimum Gasteiger partial charge on any atom is -0.0622 e. The highest BCUT2D eigenvalue weighted by Crippen LogP contribution is 2.33. The van der Waals surface area contributed by atoms with Crippen molar-refractivity contribution in [1.29, 1.82) is 0 Å². The molecule has 3 aliphatic carbocycles. The van der Waals surface area contributed by atoms with E-state index in [0.717, 1.165) is 11.1 Å². The first-order valence-electron chi connectivity index (χ1n) is 8.64. The highest BCUT2D eigenvalue weighted by atomic mass is 14.1. The van der Waals surface area contributed by atoms with E-state index in [-0.39, 0.29) is 0 Å². The van der Waals surface area contributed by atoms with E-state index in [1.54, 1.807) is 0 Å². The molecule has 0 aromatic carbocycles. The summed E-state index contributed by atoms with van der Waals surface area (Å²) in [5.41, 5.74) is 6.89. The summed E-state index contributed by atoms with van der Waals surface area (Å²) in [6.45, 7) is 3.98. The molecule has 0 aliphatic heterocycles. The lowest BCUT2D eigenvalue weighted by molar-refractivity contribution is 1.57. The molecule has 3 aliphatic rings. The van der Waals surface area contributed by atoms with Crippen molar-refractivity contribution in [1.82, 2.24) is 0 Å². The number of hydrogen-bond acceptors (Lipinski definition) is 0. The van der Waals surface area contributed by atoms with Crippen LogP contribution < -0.4 is 0 Å². The van der Waals surface area contributed by atoms with E-state index in [2.05, 4.69) is 84.4 Å². The molecule has 0 saturated carbocycles.